The van der Waals surface area contributed by atoms with Gasteiger partial charge in [0.15, 0.2) is 0 Å². The van der Waals surface area contributed by atoms with E-state index in [1.807, 2.05) is 0 Å². The van der Waals surface area contributed by atoms with Crippen molar-refractivity contribution in [2.45, 2.75) is 0 Å². The molecular weight excluding hydrogens is 251 g/mol. The van der Waals surface area contributed by atoms with Gasteiger partial charge in [-0.05, 0) is 28.1 Å². The fourth-order valence-electron chi connectivity index (χ4n) is 1.21. The molecular formula is C8H6BrFN4. The number of hydrogen-bond acceptors (Lipinski definition) is 4. The number of nitrogens with two attached hydrogens (primary N) is 2. The first-order chi connectivity index (χ1) is 6.59. The van der Waals surface area contributed by atoms with E-state index in [1.165, 1.54) is 0 Å². The summed E-state index contributed by atoms with van der Waals surface area (Å²) in [7, 11) is 0. The standard InChI is InChI=1S/C8H6BrFN4/c9-3-1-2-4-5(6(3)10)7(11)14-8(12)13-4/h1-2H,(H4,11,12,13,14). The van der Waals surface area contributed by atoms with Gasteiger partial charge in [0.05, 0.1) is 15.4 Å². The Morgan fingerprint density at radius 3 is 2.64 bits per heavy atom. The maximum Gasteiger partial charge on any atom is 0.222 e. The molecule has 0 aliphatic heterocycles. The second-order valence-electron chi connectivity index (χ2n) is 2.72. The molecule has 2 aromatic rings. The highest BCUT2D eigenvalue weighted by molar-refractivity contribution is 9.10. The van der Waals surface area contributed by atoms with Crippen LogP contribution in [0, 0.1) is 5.82 Å². The number of aromatic nitrogens is 2. The van der Waals surface area contributed by atoms with E-state index in [2.05, 4.69) is 25.9 Å². The van der Waals surface area contributed by atoms with Crippen molar-refractivity contribution >= 4 is 38.6 Å². The lowest BCUT2D eigenvalue weighted by Gasteiger charge is -2.04. The first kappa shape index (κ1) is 9.14. The van der Waals surface area contributed by atoms with Crippen molar-refractivity contribution in [3.63, 3.8) is 0 Å². The molecule has 1 heterocycles. The molecule has 4 nitrogen and oxygen atoms in total. The van der Waals surface area contributed by atoms with Gasteiger partial charge in [0, 0.05) is 0 Å². The third-order valence-electron chi connectivity index (χ3n) is 1.80. The maximum atomic E-state index is 13.5. The highest BCUT2D eigenvalue weighted by Gasteiger charge is 2.10. The van der Waals surface area contributed by atoms with Crippen LogP contribution in [0.25, 0.3) is 10.9 Å². The summed E-state index contributed by atoms with van der Waals surface area (Å²) in [5.74, 6) is -0.386. The van der Waals surface area contributed by atoms with Gasteiger partial charge in [-0.2, -0.15) is 4.98 Å². The molecule has 0 fully saturated rings. The monoisotopic (exact) mass is 256 g/mol. The van der Waals surface area contributed by atoms with E-state index in [4.69, 9.17) is 11.5 Å². The second-order valence-corrected chi connectivity index (χ2v) is 3.58. The molecule has 0 amide bonds. The number of nitrogen functional groups attached to an aromatic ring is 2. The van der Waals surface area contributed by atoms with E-state index in [-0.39, 0.29) is 17.2 Å². The van der Waals surface area contributed by atoms with Crippen molar-refractivity contribution in [2.75, 3.05) is 11.5 Å². The van der Waals surface area contributed by atoms with Gasteiger partial charge in [0.2, 0.25) is 5.95 Å². The van der Waals surface area contributed by atoms with E-state index in [0.29, 0.717) is 9.99 Å². The summed E-state index contributed by atoms with van der Waals surface area (Å²) in [5, 5.41) is 0.188. The lowest BCUT2D eigenvalue weighted by Crippen LogP contribution is -2.01. The van der Waals surface area contributed by atoms with Crippen LogP contribution in [0.2, 0.25) is 0 Å². The predicted octanol–water partition coefficient (Wildman–Crippen LogP) is 1.70. The molecule has 0 radical (unpaired) electrons. The Hall–Kier alpha value is -1.43. The Morgan fingerprint density at radius 1 is 1.21 bits per heavy atom. The van der Waals surface area contributed by atoms with Crippen LogP contribution in [0.3, 0.4) is 0 Å². The Balaban J connectivity index is 2.95. The minimum Gasteiger partial charge on any atom is -0.383 e. The molecule has 6 heteroatoms. The molecule has 0 saturated carbocycles. The van der Waals surface area contributed by atoms with Crippen molar-refractivity contribution in [1.82, 2.24) is 9.97 Å². The molecule has 0 aliphatic carbocycles. The van der Waals surface area contributed by atoms with Gasteiger partial charge in [-0.1, -0.05) is 0 Å². The van der Waals surface area contributed by atoms with Gasteiger partial charge >= 0.3 is 0 Å². The number of rotatable bonds is 0. The zero-order chi connectivity index (χ0) is 10.3. The Bertz CT molecular complexity index is 514. The van der Waals surface area contributed by atoms with Crippen LogP contribution < -0.4 is 11.5 Å². The maximum absolute atomic E-state index is 13.5. The lowest BCUT2D eigenvalue weighted by molar-refractivity contribution is 0.633. The summed E-state index contributed by atoms with van der Waals surface area (Å²) < 4.78 is 13.9. The summed E-state index contributed by atoms with van der Waals surface area (Å²) >= 11 is 3.05. The SMILES string of the molecule is Nc1nc(N)c2c(F)c(Br)ccc2n1. The average Bonchev–Trinajstić information content (AvgIpc) is 2.10. The fraction of sp³-hybridized carbons (Fsp3) is 0. The van der Waals surface area contributed by atoms with Gasteiger partial charge in [-0.3, -0.25) is 0 Å². The fourth-order valence-corrected chi connectivity index (χ4v) is 1.54. The molecule has 1 aromatic carbocycles. The molecule has 1 aromatic heterocycles. The first-order valence-electron chi connectivity index (χ1n) is 3.76. The molecule has 0 aliphatic rings. The Kier molecular flexibility index (Phi) is 1.99. The lowest BCUT2D eigenvalue weighted by atomic mass is 10.2. The van der Waals surface area contributed by atoms with Crippen LogP contribution in [-0.2, 0) is 0 Å². The van der Waals surface area contributed by atoms with Gasteiger partial charge in [0.25, 0.3) is 0 Å². The molecule has 0 saturated heterocycles. The van der Waals surface area contributed by atoms with Crippen LogP contribution in [0.1, 0.15) is 0 Å². The molecule has 72 valence electrons. The molecule has 0 spiro atoms. The number of hydrogen-bond donors (Lipinski definition) is 2. The minimum absolute atomic E-state index is 0.0386. The molecule has 14 heavy (non-hydrogen) atoms. The van der Waals surface area contributed by atoms with Crippen molar-refractivity contribution < 1.29 is 4.39 Å². The van der Waals surface area contributed by atoms with Crippen molar-refractivity contribution in [3.05, 3.63) is 22.4 Å². The normalized spacial score (nSPS) is 10.7. The van der Waals surface area contributed by atoms with E-state index in [1.54, 1.807) is 12.1 Å². The van der Waals surface area contributed by atoms with Crippen LogP contribution >= 0.6 is 15.9 Å². The van der Waals surface area contributed by atoms with E-state index in [9.17, 15) is 4.39 Å². The number of halogens is 2. The van der Waals surface area contributed by atoms with Crippen molar-refractivity contribution in [1.29, 1.82) is 0 Å². The first-order valence-corrected chi connectivity index (χ1v) is 4.55. The number of nitrogens with zero attached hydrogens (tertiary/aromatic N) is 2. The van der Waals surface area contributed by atoms with Crippen LogP contribution in [-0.4, -0.2) is 9.97 Å². The van der Waals surface area contributed by atoms with Crippen LogP contribution in [0.4, 0.5) is 16.2 Å². The second kappa shape index (κ2) is 3.06. The Labute approximate surface area is 87.3 Å². The topological polar surface area (TPSA) is 77.8 Å². The van der Waals surface area contributed by atoms with Gasteiger partial charge < -0.3 is 11.5 Å². The highest BCUT2D eigenvalue weighted by Crippen LogP contribution is 2.27. The minimum atomic E-state index is -0.472. The average molecular weight is 257 g/mol. The van der Waals surface area contributed by atoms with E-state index in [0.717, 1.165) is 0 Å². The van der Waals surface area contributed by atoms with Crippen LogP contribution in [0.5, 0.6) is 0 Å². The zero-order valence-electron chi connectivity index (χ0n) is 6.96. The molecule has 4 N–H and O–H groups in total. The van der Waals surface area contributed by atoms with Crippen molar-refractivity contribution in [2.24, 2.45) is 0 Å². The van der Waals surface area contributed by atoms with Crippen molar-refractivity contribution in [3.8, 4) is 0 Å². The number of anilines is 2. The van der Waals surface area contributed by atoms with Gasteiger partial charge in [-0.15, -0.1) is 0 Å². The summed E-state index contributed by atoms with van der Waals surface area (Å²) in [5.41, 5.74) is 11.3. The van der Waals surface area contributed by atoms with E-state index < -0.39 is 5.82 Å². The zero-order valence-corrected chi connectivity index (χ0v) is 8.55. The highest BCUT2D eigenvalue weighted by atomic mass is 79.9. The third-order valence-corrected chi connectivity index (χ3v) is 2.41. The molecule has 0 atom stereocenters. The third kappa shape index (κ3) is 1.27. The summed E-state index contributed by atoms with van der Waals surface area (Å²) in [4.78, 5) is 7.55. The van der Waals surface area contributed by atoms with Gasteiger partial charge in [0.1, 0.15) is 11.6 Å². The van der Waals surface area contributed by atoms with Crippen LogP contribution in [0.15, 0.2) is 16.6 Å². The Morgan fingerprint density at radius 2 is 1.93 bits per heavy atom. The summed E-state index contributed by atoms with van der Waals surface area (Å²) in [6, 6.07) is 3.17. The predicted molar refractivity (Wildman–Crippen MR) is 56.0 cm³/mol. The number of fused-ring (bicyclic) bond motifs is 1. The van der Waals surface area contributed by atoms with Gasteiger partial charge in [-0.25, -0.2) is 9.37 Å². The van der Waals surface area contributed by atoms with E-state index >= 15 is 0 Å². The summed E-state index contributed by atoms with van der Waals surface area (Å²) in [6.07, 6.45) is 0. The number of benzene rings is 1. The smallest absolute Gasteiger partial charge is 0.222 e. The molecule has 0 unspecified atom stereocenters. The molecule has 0 bridgehead atoms. The molecule has 2 rings (SSSR count). The quantitative estimate of drug-likeness (QED) is 0.752. The largest absolute Gasteiger partial charge is 0.383 e. The summed E-state index contributed by atoms with van der Waals surface area (Å²) in [6.45, 7) is 0.